The SMILES string of the molecule is FC(F)(F)c1cc2c(cn1)CN(S)C2. The molecule has 0 unspecified atom stereocenters. The maximum absolute atomic E-state index is 12.3. The van der Waals surface area contributed by atoms with Gasteiger partial charge in [0.25, 0.3) is 0 Å². The second-order valence-corrected chi connectivity index (χ2v) is 3.72. The number of rotatable bonds is 0. The molecule has 0 amide bonds. The molecule has 0 bridgehead atoms. The minimum atomic E-state index is -4.36. The van der Waals surface area contributed by atoms with Crippen molar-refractivity contribution >= 4 is 12.8 Å². The number of hydrogen-bond donors (Lipinski definition) is 1. The lowest BCUT2D eigenvalue weighted by molar-refractivity contribution is -0.141. The van der Waals surface area contributed by atoms with Gasteiger partial charge in [0, 0.05) is 19.3 Å². The number of hydrogen-bond acceptors (Lipinski definition) is 3. The molecule has 76 valence electrons. The van der Waals surface area contributed by atoms with E-state index in [4.69, 9.17) is 0 Å². The number of aromatic nitrogens is 1. The van der Waals surface area contributed by atoms with E-state index < -0.39 is 11.9 Å². The van der Waals surface area contributed by atoms with Crippen molar-refractivity contribution in [3.63, 3.8) is 0 Å². The van der Waals surface area contributed by atoms with Gasteiger partial charge in [-0.3, -0.25) is 4.98 Å². The zero-order valence-corrected chi connectivity index (χ0v) is 7.94. The zero-order valence-electron chi connectivity index (χ0n) is 7.04. The van der Waals surface area contributed by atoms with Gasteiger partial charge < -0.3 is 0 Å². The lowest BCUT2D eigenvalue weighted by Gasteiger charge is -2.06. The van der Waals surface area contributed by atoms with E-state index in [-0.39, 0.29) is 0 Å². The van der Waals surface area contributed by atoms with E-state index in [0.29, 0.717) is 18.7 Å². The Kier molecular flexibility index (Phi) is 2.19. The van der Waals surface area contributed by atoms with Crippen LogP contribution >= 0.6 is 12.8 Å². The van der Waals surface area contributed by atoms with Crippen LogP contribution in [-0.4, -0.2) is 9.29 Å². The molecule has 0 atom stereocenters. The van der Waals surface area contributed by atoms with E-state index >= 15 is 0 Å². The first-order valence-corrected chi connectivity index (χ1v) is 4.35. The molecule has 0 fully saturated rings. The third-order valence-corrected chi connectivity index (χ3v) is 2.36. The molecule has 2 nitrogen and oxygen atoms in total. The largest absolute Gasteiger partial charge is 0.433 e. The molecule has 0 spiro atoms. The highest BCUT2D eigenvalue weighted by Gasteiger charge is 2.33. The van der Waals surface area contributed by atoms with Crippen molar-refractivity contribution in [3.8, 4) is 0 Å². The number of alkyl halides is 3. The Balaban J connectivity index is 2.38. The van der Waals surface area contributed by atoms with Gasteiger partial charge in [-0.2, -0.15) is 13.2 Å². The standard InChI is InChI=1S/C8H7F3N2S/c9-8(10,11)7-1-5-3-13(14)4-6(5)2-12-7/h1-2,14H,3-4H2. The van der Waals surface area contributed by atoms with Gasteiger partial charge in [-0.1, -0.05) is 12.8 Å². The predicted octanol–water partition coefficient (Wildman–Crippen LogP) is 2.26. The Morgan fingerprint density at radius 2 is 1.93 bits per heavy atom. The molecule has 1 aromatic rings. The lowest BCUT2D eigenvalue weighted by Crippen LogP contribution is -2.08. The average molecular weight is 220 g/mol. The van der Waals surface area contributed by atoms with Crippen LogP contribution in [0.5, 0.6) is 0 Å². The summed E-state index contributed by atoms with van der Waals surface area (Å²) in [4.78, 5) is 3.37. The Hall–Kier alpha value is -0.750. The third-order valence-electron chi connectivity index (χ3n) is 2.08. The fourth-order valence-electron chi connectivity index (χ4n) is 1.42. The molecule has 0 saturated heterocycles. The first-order chi connectivity index (χ1) is 6.47. The van der Waals surface area contributed by atoms with Crippen LogP contribution in [0.2, 0.25) is 0 Å². The summed E-state index contributed by atoms with van der Waals surface area (Å²) < 4.78 is 38.4. The van der Waals surface area contributed by atoms with Crippen LogP contribution in [-0.2, 0) is 19.3 Å². The van der Waals surface area contributed by atoms with Crippen molar-refractivity contribution in [2.24, 2.45) is 0 Å². The Morgan fingerprint density at radius 3 is 2.57 bits per heavy atom. The fourth-order valence-corrected chi connectivity index (χ4v) is 1.72. The quantitative estimate of drug-likeness (QED) is 0.675. The van der Waals surface area contributed by atoms with Crippen LogP contribution < -0.4 is 0 Å². The molecule has 6 heteroatoms. The topological polar surface area (TPSA) is 16.1 Å². The second kappa shape index (κ2) is 3.13. The van der Waals surface area contributed by atoms with Gasteiger partial charge in [0.2, 0.25) is 0 Å². The van der Waals surface area contributed by atoms with Gasteiger partial charge in [0.05, 0.1) is 0 Å². The highest BCUT2D eigenvalue weighted by Crippen LogP contribution is 2.31. The second-order valence-electron chi connectivity index (χ2n) is 3.16. The van der Waals surface area contributed by atoms with Crippen molar-refractivity contribution < 1.29 is 13.2 Å². The third kappa shape index (κ3) is 1.72. The van der Waals surface area contributed by atoms with Crippen molar-refractivity contribution in [1.82, 2.24) is 9.29 Å². The maximum Gasteiger partial charge on any atom is 0.433 e. The molecular formula is C8H7F3N2S. The molecule has 1 aliphatic rings. The summed E-state index contributed by atoms with van der Waals surface area (Å²) in [5.74, 6) is 0. The molecule has 0 N–H and O–H groups in total. The number of fused-ring (bicyclic) bond motifs is 1. The van der Waals surface area contributed by atoms with Gasteiger partial charge in [-0.25, -0.2) is 4.31 Å². The molecule has 2 rings (SSSR count). The van der Waals surface area contributed by atoms with Gasteiger partial charge >= 0.3 is 6.18 Å². The predicted molar refractivity (Wildman–Crippen MR) is 47.5 cm³/mol. The molecule has 0 aromatic carbocycles. The fraction of sp³-hybridized carbons (Fsp3) is 0.375. The summed E-state index contributed by atoms with van der Waals surface area (Å²) in [6.45, 7) is 0.980. The van der Waals surface area contributed by atoms with Crippen LogP contribution in [0.1, 0.15) is 16.8 Å². The van der Waals surface area contributed by atoms with Gasteiger partial charge in [-0.05, 0) is 17.2 Å². The number of halogens is 3. The Labute approximate surface area is 84.3 Å². The van der Waals surface area contributed by atoms with E-state index in [1.807, 2.05) is 0 Å². The molecular weight excluding hydrogens is 213 g/mol. The summed E-state index contributed by atoms with van der Waals surface area (Å²) in [5, 5.41) is 0. The van der Waals surface area contributed by atoms with Crippen LogP contribution in [0.3, 0.4) is 0 Å². The summed E-state index contributed by atoms with van der Waals surface area (Å²) in [6.07, 6.45) is -3.09. The van der Waals surface area contributed by atoms with Crippen LogP contribution in [0.4, 0.5) is 13.2 Å². The van der Waals surface area contributed by atoms with Gasteiger partial charge in [0.1, 0.15) is 5.69 Å². The number of nitrogens with zero attached hydrogens (tertiary/aromatic N) is 2. The van der Waals surface area contributed by atoms with Crippen LogP contribution in [0.15, 0.2) is 12.3 Å². The summed E-state index contributed by atoms with van der Waals surface area (Å²) in [5.41, 5.74) is 0.634. The number of pyridine rings is 1. The van der Waals surface area contributed by atoms with E-state index in [2.05, 4.69) is 17.8 Å². The van der Waals surface area contributed by atoms with Crippen molar-refractivity contribution in [2.75, 3.05) is 0 Å². The molecule has 14 heavy (non-hydrogen) atoms. The Morgan fingerprint density at radius 1 is 1.29 bits per heavy atom. The lowest BCUT2D eigenvalue weighted by atomic mass is 10.1. The van der Waals surface area contributed by atoms with E-state index in [0.717, 1.165) is 11.6 Å². The molecule has 0 radical (unpaired) electrons. The van der Waals surface area contributed by atoms with Crippen LogP contribution in [0, 0.1) is 0 Å². The average Bonchev–Trinajstić information content (AvgIpc) is 2.41. The molecule has 0 aliphatic carbocycles. The molecule has 0 saturated carbocycles. The minimum Gasteiger partial charge on any atom is -0.251 e. The van der Waals surface area contributed by atoms with Crippen molar-refractivity contribution in [2.45, 2.75) is 19.3 Å². The van der Waals surface area contributed by atoms with Gasteiger partial charge in [-0.15, -0.1) is 0 Å². The van der Waals surface area contributed by atoms with E-state index in [9.17, 15) is 13.2 Å². The monoisotopic (exact) mass is 220 g/mol. The van der Waals surface area contributed by atoms with Crippen molar-refractivity contribution in [1.29, 1.82) is 0 Å². The van der Waals surface area contributed by atoms with Crippen LogP contribution in [0.25, 0.3) is 0 Å². The first kappa shape index (κ1) is 9.79. The molecule has 1 aromatic heterocycles. The number of thiol groups is 1. The smallest absolute Gasteiger partial charge is 0.251 e. The molecule has 2 heterocycles. The van der Waals surface area contributed by atoms with E-state index in [1.54, 1.807) is 4.31 Å². The molecule has 1 aliphatic heterocycles. The van der Waals surface area contributed by atoms with Crippen molar-refractivity contribution in [3.05, 3.63) is 29.1 Å². The normalized spacial score (nSPS) is 17.1. The highest BCUT2D eigenvalue weighted by molar-refractivity contribution is 7.77. The summed E-state index contributed by atoms with van der Waals surface area (Å²) in [7, 11) is 0. The minimum absolute atomic E-state index is 0.435. The van der Waals surface area contributed by atoms with Gasteiger partial charge in [0.15, 0.2) is 0 Å². The zero-order chi connectivity index (χ0) is 10.3. The first-order valence-electron chi connectivity index (χ1n) is 3.95. The summed E-state index contributed by atoms with van der Waals surface area (Å²) in [6, 6.07) is 1.09. The summed E-state index contributed by atoms with van der Waals surface area (Å²) >= 11 is 4.07. The van der Waals surface area contributed by atoms with E-state index in [1.165, 1.54) is 6.20 Å². The maximum atomic E-state index is 12.3. The Bertz CT molecular complexity index is 364. The highest BCUT2D eigenvalue weighted by atomic mass is 32.1.